The number of nitrogens with zero attached hydrogens (tertiary/aromatic N) is 2. The summed E-state index contributed by atoms with van der Waals surface area (Å²) >= 11 is 0. The van der Waals surface area contributed by atoms with E-state index in [4.69, 9.17) is 10.5 Å². The molecule has 3 rings (SSSR count). The molecular formula is C15H18N4O. The molecule has 1 fully saturated rings. The lowest BCUT2D eigenvalue weighted by Crippen LogP contribution is -2.19. The van der Waals surface area contributed by atoms with Crippen molar-refractivity contribution in [2.24, 2.45) is 0 Å². The zero-order valence-electron chi connectivity index (χ0n) is 11.2. The van der Waals surface area contributed by atoms with Crippen molar-refractivity contribution in [3.05, 3.63) is 36.7 Å². The lowest BCUT2D eigenvalue weighted by atomic mass is 10.1. The molecule has 5 heteroatoms. The maximum Gasteiger partial charge on any atom is 0.222 e. The number of benzene rings is 1. The van der Waals surface area contributed by atoms with E-state index in [9.17, 15) is 0 Å². The van der Waals surface area contributed by atoms with Crippen molar-refractivity contribution >= 4 is 11.6 Å². The summed E-state index contributed by atoms with van der Waals surface area (Å²) < 4.78 is 5.55. The molecule has 20 heavy (non-hydrogen) atoms. The van der Waals surface area contributed by atoms with Crippen molar-refractivity contribution < 1.29 is 4.74 Å². The largest absolute Gasteiger partial charge is 0.398 e. The summed E-state index contributed by atoms with van der Waals surface area (Å²) in [4.78, 5) is 8.65. The molecule has 1 aliphatic heterocycles. The first-order chi connectivity index (χ1) is 9.83. The van der Waals surface area contributed by atoms with Crippen LogP contribution in [0.25, 0.3) is 11.1 Å². The van der Waals surface area contributed by atoms with Gasteiger partial charge in [-0.05, 0) is 18.9 Å². The fourth-order valence-corrected chi connectivity index (χ4v) is 2.33. The Labute approximate surface area is 118 Å². The number of nitrogen functional groups attached to an aromatic ring is 1. The molecule has 0 radical (unpaired) electrons. The number of para-hydroxylation sites is 1. The van der Waals surface area contributed by atoms with Gasteiger partial charge < -0.3 is 15.8 Å². The molecule has 3 N–H and O–H groups in total. The van der Waals surface area contributed by atoms with E-state index in [1.165, 1.54) is 0 Å². The predicted octanol–water partition coefficient (Wildman–Crippen LogP) is 2.32. The molecule has 1 atom stereocenters. The van der Waals surface area contributed by atoms with Gasteiger partial charge in [0.2, 0.25) is 5.95 Å². The molecule has 1 unspecified atom stereocenters. The Bertz CT molecular complexity index is 564. The SMILES string of the molecule is Nc1ccccc1-c1cnc(NCC2CCCO2)nc1. The summed E-state index contributed by atoms with van der Waals surface area (Å²) in [5, 5.41) is 3.20. The van der Waals surface area contributed by atoms with Crippen LogP contribution in [-0.2, 0) is 4.74 Å². The third kappa shape index (κ3) is 2.88. The Morgan fingerprint density at radius 2 is 2.05 bits per heavy atom. The molecule has 5 nitrogen and oxygen atoms in total. The molecule has 0 bridgehead atoms. The van der Waals surface area contributed by atoms with Crippen molar-refractivity contribution in [3.63, 3.8) is 0 Å². The number of rotatable bonds is 4. The Kier molecular flexibility index (Phi) is 3.78. The summed E-state index contributed by atoms with van der Waals surface area (Å²) in [6.07, 6.45) is 6.10. The Morgan fingerprint density at radius 1 is 1.25 bits per heavy atom. The van der Waals surface area contributed by atoms with Crippen LogP contribution < -0.4 is 11.1 Å². The van der Waals surface area contributed by atoms with Crippen LogP contribution in [0.15, 0.2) is 36.7 Å². The van der Waals surface area contributed by atoms with E-state index in [2.05, 4.69) is 15.3 Å². The van der Waals surface area contributed by atoms with Crippen molar-refractivity contribution in [2.45, 2.75) is 18.9 Å². The van der Waals surface area contributed by atoms with E-state index in [0.717, 1.165) is 42.8 Å². The smallest absolute Gasteiger partial charge is 0.222 e. The molecular weight excluding hydrogens is 252 g/mol. The van der Waals surface area contributed by atoms with Crippen molar-refractivity contribution in [1.29, 1.82) is 0 Å². The Morgan fingerprint density at radius 3 is 2.75 bits per heavy atom. The van der Waals surface area contributed by atoms with Crippen LogP contribution in [-0.4, -0.2) is 29.2 Å². The summed E-state index contributed by atoms with van der Waals surface area (Å²) in [5.41, 5.74) is 8.56. The lowest BCUT2D eigenvalue weighted by molar-refractivity contribution is 0.120. The monoisotopic (exact) mass is 270 g/mol. The van der Waals surface area contributed by atoms with Crippen LogP contribution in [0, 0.1) is 0 Å². The van der Waals surface area contributed by atoms with Crippen LogP contribution in [0.2, 0.25) is 0 Å². The van der Waals surface area contributed by atoms with E-state index < -0.39 is 0 Å². The first-order valence-electron chi connectivity index (χ1n) is 6.85. The van der Waals surface area contributed by atoms with Gasteiger partial charge in [0.25, 0.3) is 0 Å². The Hall–Kier alpha value is -2.14. The van der Waals surface area contributed by atoms with Crippen molar-refractivity contribution in [1.82, 2.24) is 9.97 Å². The van der Waals surface area contributed by atoms with Gasteiger partial charge in [-0.2, -0.15) is 0 Å². The third-order valence-electron chi connectivity index (χ3n) is 3.44. The predicted molar refractivity (Wildman–Crippen MR) is 79.3 cm³/mol. The molecule has 0 aliphatic carbocycles. The maximum atomic E-state index is 5.94. The normalized spacial score (nSPS) is 18.1. The van der Waals surface area contributed by atoms with E-state index >= 15 is 0 Å². The highest BCUT2D eigenvalue weighted by Crippen LogP contribution is 2.24. The second-order valence-corrected chi connectivity index (χ2v) is 4.90. The quantitative estimate of drug-likeness (QED) is 0.834. The molecule has 2 aromatic rings. The van der Waals surface area contributed by atoms with Gasteiger partial charge in [-0.1, -0.05) is 18.2 Å². The van der Waals surface area contributed by atoms with Gasteiger partial charge in [0, 0.05) is 42.4 Å². The van der Waals surface area contributed by atoms with Gasteiger partial charge in [-0.15, -0.1) is 0 Å². The minimum atomic E-state index is 0.281. The van der Waals surface area contributed by atoms with Crippen molar-refractivity contribution in [2.75, 3.05) is 24.2 Å². The van der Waals surface area contributed by atoms with Crippen LogP contribution in [0.5, 0.6) is 0 Å². The summed E-state index contributed by atoms with van der Waals surface area (Å²) in [7, 11) is 0. The van der Waals surface area contributed by atoms with Gasteiger partial charge in [0.15, 0.2) is 0 Å². The zero-order valence-corrected chi connectivity index (χ0v) is 11.2. The molecule has 1 aliphatic rings. The molecule has 0 saturated carbocycles. The van der Waals surface area contributed by atoms with Crippen LogP contribution >= 0.6 is 0 Å². The highest BCUT2D eigenvalue weighted by atomic mass is 16.5. The second-order valence-electron chi connectivity index (χ2n) is 4.90. The van der Waals surface area contributed by atoms with E-state index in [-0.39, 0.29) is 6.10 Å². The molecule has 2 heterocycles. The second kappa shape index (κ2) is 5.88. The molecule has 1 aromatic carbocycles. The number of hydrogen-bond donors (Lipinski definition) is 2. The van der Waals surface area contributed by atoms with Gasteiger partial charge in [0.05, 0.1) is 6.10 Å². The third-order valence-corrected chi connectivity index (χ3v) is 3.44. The molecule has 1 aromatic heterocycles. The van der Waals surface area contributed by atoms with E-state index in [0.29, 0.717) is 5.95 Å². The number of aromatic nitrogens is 2. The first-order valence-corrected chi connectivity index (χ1v) is 6.85. The molecule has 1 saturated heterocycles. The minimum absolute atomic E-state index is 0.281. The van der Waals surface area contributed by atoms with Crippen LogP contribution in [0.4, 0.5) is 11.6 Å². The average molecular weight is 270 g/mol. The number of hydrogen-bond acceptors (Lipinski definition) is 5. The fraction of sp³-hybridized carbons (Fsp3) is 0.333. The van der Waals surface area contributed by atoms with Gasteiger partial charge in [0.1, 0.15) is 0 Å². The number of anilines is 2. The summed E-state index contributed by atoms with van der Waals surface area (Å²) in [6, 6.07) is 7.71. The topological polar surface area (TPSA) is 73.1 Å². The Balaban J connectivity index is 1.66. The molecule has 104 valence electrons. The van der Waals surface area contributed by atoms with Gasteiger partial charge in [-0.3, -0.25) is 0 Å². The van der Waals surface area contributed by atoms with E-state index in [1.54, 1.807) is 12.4 Å². The van der Waals surface area contributed by atoms with Crippen LogP contribution in [0.1, 0.15) is 12.8 Å². The van der Waals surface area contributed by atoms with Crippen LogP contribution in [0.3, 0.4) is 0 Å². The van der Waals surface area contributed by atoms with E-state index in [1.807, 2.05) is 24.3 Å². The summed E-state index contributed by atoms with van der Waals surface area (Å²) in [5.74, 6) is 0.624. The summed E-state index contributed by atoms with van der Waals surface area (Å²) in [6.45, 7) is 1.62. The maximum absolute atomic E-state index is 5.94. The number of nitrogens with one attached hydrogen (secondary N) is 1. The number of nitrogens with two attached hydrogens (primary N) is 1. The molecule has 0 spiro atoms. The first kappa shape index (κ1) is 12.9. The standard InChI is InChI=1S/C15H18N4O/c16-14-6-2-1-5-13(14)11-8-17-15(18-9-11)19-10-12-4-3-7-20-12/h1-2,5-6,8-9,12H,3-4,7,10,16H2,(H,17,18,19). The lowest BCUT2D eigenvalue weighted by Gasteiger charge is -2.11. The zero-order chi connectivity index (χ0) is 13.8. The van der Waals surface area contributed by atoms with Gasteiger partial charge in [-0.25, -0.2) is 9.97 Å². The molecule has 0 amide bonds. The van der Waals surface area contributed by atoms with Gasteiger partial charge >= 0.3 is 0 Å². The highest BCUT2D eigenvalue weighted by molar-refractivity contribution is 5.75. The minimum Gasteiger partial charge on any atom is -0.398 e. The number of ether oxygens (including phenoxy) is 1. The average Bonchev–Trinajstić information content (AvgIpc) is 3.00. The highest BCUT2D eigenvalue weighted by Gasteiger charge is 2.15. The fourth-order valence-electron chi connectivity index (χ4n) is 2.33. The van der Waals surface area contributed by atoms with Crippen molar-refractivity contribution in [3.8, 4) is 11.1 Å².